The second kappa shape index (κ2) is 13.0. The van der Waals surface area contributed by atoms with E-state index in [2.05, 4.69) is 4.84 Å². The molecule has 0 bridgehead atoms. The molecular formula is C32H42F2N2O13. The normalized spacial score (nSPS) is 37.7. The molecule has 1 heterocycles. The topological polar surface area (TPSA) is 213 Å². The summed E-state index contributed by atoms with van der Waals surface area (Å²) < 4.78 is 60.7. The van der Waals surface area contributed by atoms with Crippen molar-refractivity contribution in [1.29, 1.82) is 0 Å². The maximum atomic E-state index is 17.6. The summed E-state index contributed by atoms with van der Waals surface area (Å²) in [4.78, 5) is 65.1. The number of esters is 1. The zero-order valence-electron chi connectivity index (χ0n) is 27.7. The van der Waals surface area contributed by atoms with Gasteiger partial charge in [-0.15, -0.1) is 10.1 Å². The zero-order chi connectivity index (χ0) is 36.2. The van der Waals surface area contributed by atoms with Crippen molar-refractivity contribution in [2.24, 2.45) is 28.4 Å². The maximum Gasteiger partial charge on any atom is 0.508 e. The van der Waals surface area contributed by atoms with E-state index < -0.39 is 100 Å². The largest absolute Gasteiger partial charge is 0.508 e. The van der Waals surface area contributed by atoms with Crippen molar-refractivity contribution in [2.45, 2.75) is 102 Å². The van der Waals surface area contributed by atoms with Gasteiger partial charge in [0.05, 0.1) is 25.4 Å². The van der Waals surface area contributed by atoms with Crippen LogP contribution >= 0.6 is 0 Å². The van der Waals surface area contributed by atoms with E-state index in [1.807, 2.05) is 0 Å². The molecule has 4 aliphatic carbocycles. The predicted octanol–water partition coefficient (Wildman–Crippen LogP) is 2.74. The molecule has 9 atom stereocenters. The highest BCUT2D eigenvalue weighted by Crippen LogP contribution is 2.72. The average molecular weight is 701 g/mol. The first-order valence-corrected chi connectivity index (χ1v) is 16.2. The molecule has 2 unspecified atom stereocenters. The lowest BCUT2D eigenvalue weighted by molar-refractivity contribution is -0.757. The van der Waals surface area contributed by atoms with Gasteiger partial charge in [-0.25, -0.2) is 13.6 Å². The number of hydrogen-bond acceptors (Lipinski definition) is 14. The van der Waals surface area contributed by atoms with E-state index in [1.54, 1.807) is 20.8 Å². The van der Waals surface area contributed by atoms with Gasteiger partial charge >= 0.3 is 12.1 Å². The Morgan fingerprint density at radius 1 is 1.14 bits per heavy atom. The minimum atomic E-state index is -2.37. The van der Waals surface area contributed by atoms with Crippen molar-refractivity contribution in [3.05, 3.63) is 33.7 Å². The lowest BCUT2D eigenvalue weighted by Crippen LogP contribution is -2.70. The number of hydrogen-bond donors (Lipinski definition) is 2. The number of nitrogens with zero attached hydrogens (tertiary/aromatic N) is 1. The quantitative estimate of drug-likeness (QED) is 0.130. The molecule has 0 spiro atoms. The summed E-state index contributed by atoms with van der Waals surface area (Å²) in [5.74, 6) is -5.76. The zero-order valence-corrected chi connectivity index (χ0v) is 27.7. The molecule has 0 amide bonds. The molecule has 15 nitrogen and oxygen atoms in total. The van der Waals surface area contributed by atoms with Crippen LogP contribution in [0, 0.1) is 32.8 Å². The fraction of sp³-hybridized carbons (Fsp3) is 0.750. The minimum Gasteiger partial charge on any atom is -0.464 e. The predicted molar refractivity (Wildman–Crippen MR) is 160 cm³/mol. The van der Waals surface area contributed by atoms with Crippen LogP contribution < -0.4 is 5.73 Å². The van der Waals surface area contributed by atoms with Crippen molar-refractivity contribution in [2.75, 3.05) is 26.4 Å². The second-order valence-corrected chi connectivity index (χ2v) is 14.3. The van der Waals surface area contributed by atoms with Gasteiger partial charge in [0.15, 0.2) is 29.4 Å². The number of ether oxygens (including phenoxy) is 5. The highest BCUT2D eigenvalue weighted by molar-refractivity contribution is 5.94. The van der Waals surface area contributed by atoms with Gasteiger partial charge < -0.3 is 39.4 Å². The highest BCUT2D eigenvalue weighted by atomic mass is 19.1. The standard InChI is InChI=1S/C32H42F2N2O13/c1-28(2)48-25-13-18-19-12-21(33)20-11-17(37)7-8-29(20,3)31(19,34)23(38)14-30(18,4)32(25,49-28)24(39)16-46-27(41)45-15-22(35)26(40)44-9-5-6-10-47-36(42)43/h7-8,18-19,22-23,25,38H,5-6,9-16,35H2,1-4H3/t18?,19?,22-,23-,25+,29-,30-,31-,32+/m0/s1. The molecule has 0 radical (unpaired) electrons. The molecule has 0 aromatic rings. The molecule has 5 aliphatic rings. The summed E-state index contributed by atoms with van der Waals surface area (Å²) in [5, 5.41) is 20.8. The van der Waals surface area contributed by atoms with Crippen LogP contribution in [0.15, 0.2) is 23.6 Å². The number of ketones is 2. The number of alkyl halides is 1. The number of nitrogens with two attached hydrogens (primary N) is 1. The molecular weight excluding hydrogens is 658 g/mol. The number of rotatable bonds is 12. The van der Waals surface area contributed by atoms with Crippen molar-refractivity contribution in [3.63, 3.8) is 0 Å². The second-order valence-electron chi connectivity index (χ2n) is 14.3. The molecule has 17 heteroatoms. The Bertz CT molecular complexity index is 1470. The molecule has 0 aromatic heterocycles. The Morgan fingerprint density at radius 2 is 1.84 bits per heavy atom. The fourth-order valence-corrected chi connectivity index (χ4v) is 8.90. The first-order chi connectivity index (χ1) is 22.8. The Labute approximate surface area is 280 Å². The number of aliphatic hydroxyl groups is 1. The smallest absolute Gasteiger partial charge is 0.464 e. The highest BCUT2D eigenvalue weighted by Gasteiger charge is 2.80. The van der Waals surface area contributed by atoms with Gasteiger partial charge in [0, 0.05) is 29.6 Å². The van der Waals surface area contributed by atoms with E-state index in [1.165, 1.54) is 19.1 Å². The van der Waals surface area contributed by atoms with Crippen LogP contribution in [0.4, 0.5) is 13.6 Å². The molecule has 1 aliphatic heterocycles. The monoisotopic (exact) mass is 700 g/mol. The molecule has 272 valence electrons. The summed E-state index contributed by atoms with van der Waals surface area (Å²) >= 11 is 0. The van der Waals surface area contributed by atoms with Gasteiger partial charge in [0.1, 0.15) is 18.5 Å². The molecule has 3 fully saturated rings. The van der Waals surface area contributed by atoms with Crippen molar-refractivity contribution >= 4 is 23.7 Å². The lowest BCUT2D eigenvalue weighted by Gasteiger charge is -2.62. The fourth-order valence-electron chi connectivity index (χ4n) is 8.90. The Kier molecular flexibility index (Phi) is 9.72. The number of fused-ring (bicyclic) bond motifs is 7. The Hall–Kier alpha value is -3.54. The van der Waals surface area contributed by atoms with Crippen LogP contribution in [-0.2, 0) is 42.9 Å². The van der Waals surface area contributed by atoms with Crippen LogP contribution in [0.2, 0.25) is 0 Å². The van der Waals surface area contributed by atoms with E-state index >= 15 is 8.78 Å². The molecule has 49 heavy (non-hydrogen) atoms. The van der Waals surface area contributed by atoms with Crippen molar-refractivity contribution in [3.8, 4) is 0 Å². The SMILES string of the molecule is CC1(C)O[C@@H]2CC3C4CC(F)=C5CC(=O)C=C[C@]5(C)[C@@]4(F)[C@@H](O)C[C@]3(C)[C@]2(C(=O)COC(=O)OC[C@H](N)C(=O)OCCCCO[N+](=O)[O-])O1. The summed E-state index contributed by atoms with van der Waals surface area (Å²) in [6.07, 6.45) is -1.79. The number of carbonyl (C=O) groups excluding carboxylic acids is 4. The molecule has 1 saturated heterocycles. The number of aliphatic hydroxyl groups excluding tert-OH is 1. The Balaban J connectivity index is 1.26. The van der Waals surface area contributed by atoms with Crippen molar-refractivity contribution in [1.82, 2.24) is 0 Å². The summed E-state index contributed by atoms with van der Waals surface area (Å²) in [6, 6.07) is -1.39. The van der Waals surface area contributed by atoms with E-state index in [0.29, 0.717) is 0 Å². The van der Waals surface area contributed by atoms with Crippen LogP contribution in [0.25, 0.3) is 0 Å². The number of Topliss-reactive ketones (excluding diaryl/α,β-unsaturated/α-hetero) is 1. The summed E-state index contributed by atoms with van der Waals surface area (Å²) in [7, 11) is 0. The first kappa shape index (κ1) is 36.7. The van der Waals surface area contributed by atoms with Gasteiger partial charge in [0.2, 0.25) is 5.78 Å². The van der Waals surface area contributed by atoms with E-state index in [0.717, 1.165) is 0 Å². The van der Waals surface area contributed by atoms with Crippen molar-refractivity contribution < 1.29 is 66.7 Å². The molecule has 2 saturated carbocycles. The number of allylic oxidation sites excluding steroid dienone is 4. The summed E-state index contributed by atoms with van der Waals surface area (Å²) in [5.41, 5.74) is -1.38. The van der Waals surface area contributed by atoms with E-state index in [-0.39, 0.29) is 63.1 Å². The van der Waals surface area contributed by atoms with Crippen LogP contribution in [0.1, 0.15) is 66.2 Å². The number of carbonyl (C=O) groups is 4. The molecule has 0 aromatic carbocycles. The third-order valence-corrected chi connectivity index (χ3v) is 11.1. The number of halogens is 2. The van der Waals surface area contributed by atoms with Gasteiger partial charge in [-0.05, 0) is 64.0 Å². The number of unbranched alkanes of at least 4 members (excludes halogenated alkanes) is 1. The van der Waals surface area contributed by atoms with Crippen LogP contribution in [-0.4, -0.2) is 95.6 Å². The minimum absolute atomic E-state index is 0.0132. The average Bonchev–Trinajstić information content (AvgIpc) is 3.43. The van der Waals surface area contributed by atoms with E-state index in [4.69, 9.17) is 29.4 Å². The maximum absolute atomic E-state index is 17.6. The lowest BCUT2D eigenvalue weighted by atomic mass is 9.45. The molecule has 3 N–H and O–H groups in total. The summed E-state index contributed by atoms with van der Waals surface area (Å²) in [6.45, 7) is 4.54. The molecule has 5 rings (SSSR count). The first-order valence-electron chi connectivity index (χ1n) is 16.2. The third kappa shape index (κ3) is 6.01. The van der Waals surface area contributed by atoms with Crippen LogP contribution in [0.3, 0.4) is 0 Å². The Morgan fingerprint density at radius 3 is 2.53 bits per heavy atom. The van der Waals surface area contributed by atoms with E-state index in [9.17, 15) is 34.4 Å². The van der Waals surface area contributed by atoms with Gasteiger partial charge in [0.25, 0.3) is 5.09 Å². The van der Waals surface area contributed by atoms with Gasteiger partial charge in [-0.2, -0.15) is 0 Å². The van der Waals surface area contributed by atoms with Gasteiger partial charge in [-0.3, -0.25) is 14.4 Å². The van der Waals surface area contributed by atoms with Crippen LogP contribution in [0.5, 0.6) is 0 Å². The third-order valence-electron chi connectivity index (χ3n) is 11.1. The van der Waals surface area contributed by atoms with Gasteiger partial charge in [-0.1, -0.05) is 13.0 Å².